The molecule has 0 aliphatic rings. The van der Waals surface area contributed by atoms with Crippen LogP contribution in [0.1, 0.15) is 16.7 Å². The summed E-state index contributed by atoms with van der Waals surface area (Å²) in [6.07, 6.45) is 2.72. The van der Waals surface area contributed by atoms with Gasteiger partial charge in [0.15, 0.2) is 5.96 Å². The smallest absolute Gasteiger partial charge is 0.213 e. The Morgan fingerprint density at radius 3 is 2.28 bits per heavy atom. The van der Waals surface area contributed by atoms with Crippen molar-refractivity contribution >= 4 is 29.9 Å². The molecule has 5 nitrogen and oxygen atoms in total. The first-order valence-corrected chi connectivity index (χ1v) is 9.43. The zero-order valence-corrected chi connectivity index (χ0v) is 18.9. The number of guanidine groups is 1. The molecule has 6 heteroatoms. The molecule has 2 N–H and O–H groups in total. The van der Waals surface area contributed by atoms with Gasteiger partial charge in [-0.2, -0.15) is 0 Å². The summed E-state index contributed by atoms with van der Waals surface area (Å²) in [7, 11) is 1.78. The Hall–Kier alpha value is -2.61. The SMILES string of the molecule is CN=C(NCCc1ccccc1)NCc1ccnc(OCc2ccccc2)c1.I. The van der Waals surface area contributed by atoms with E-state index >= 15 is 0 Å². The molecular weight excluding hydrogens is 475 g/mol. The standard InChI is InChI=1S/C23H26N4O.HI/c1-24-23(26-15-12-19-8-4-2-5-9-19)27-17-21-13-14-25-22(16-21)28-18-20-10-6-3-7-11-20;/h2-11,13-14,16H,12,15,17-18H2,1H3,(H2,24,26,27);1H. The Labute approximate surface area is 189 Å². The molecule has 0 aliphatic carbocycles. The Morgan fingerprint density at radius 2 is 1.59 bits per heavy atom. The number of pyridine rings is 1. The molecule has 0 aliphatic heterocycles. The topological polar surface area (TPSA) is 58.5 Å². The predicted octanol–water partition coefficient (Wildman–Crippen LogP) is 4.19. The second kappa shape index (κ2) is 12.8. The fourth-order valence-electron chi connectivity index (χ4n) is 2.75. The lowest BCUT2D eigenvalue weighted by Gasteiger charge is -2.12. The molecule has 3 rings (SSSR count). The Kier molecular flexibility index (Phi) is 9.99. The van der Waals surface area contributed by atoms with E-state index < -0.39 is 0 Å². The second-order valence-electron chi connectivity index (χ2n) is 6.36. The first-order chi connectivity index (χ1) is 13.8. The summed E-state index contributed by atoms with van der Waals surface area (Å²) in [5.41, 5.74) is 3.51. The summed E-state index contributed by atoms with van der Waals surface area (Å²) in [5.74, 6) is 1.40. The quantitative estimate of drug-likeness (QED) is 0.276. The number of ether oxygens (including phenoxy) is 1. The number of nitrogens with zero attached hydrogens (tertiary/aromatic N) is 2. The average Bonchev–Trinajstić information content (AvgIpc) is 2.76. The lowest BCUT2D eigenvalue weighted by Crippen LogP contribution is -2.37. The van der Waals surface area contributed by atoms with E-state index in [4.69, 9.17) is 4.74 Å². The van der Waals surface area contributed by atoms with Crippen LogP contribution in [0.25, 0.3) is 0 Å². The largest absolute Gasteiger partial charge is 0.473 e. The van der Waals surface area contributed by atoms with Gasteiger partial charge in [-0.25, -0.2) is 4.98 Å². The molecule has 0 fully saturated rings. The number of rotatable bonds is 8. The number of aliphatic imine (C=N–C) groups is 1. The highest BCUT2D eigenvalue weighted by molar-refractivity contribution is 14.0. The first-order valence-electron chi connectivity index (χ1n) is 9.43. The number of nitrogens with one attached hydrogen (secondary N) is 2. The van der Waals surface area contributed by atoms with Gasteiger partial charge >= 0.3 is 0 Å². The van der Waals surface area contributed by atoms with Gasteiger partial charge in [0, 0.05) is 32.4 Å². The monoisotopic (exact) mass is 502 g/mol. The first kappa shape index (κ1) is 22.7. The van der Waals surface area contributed by atoms with Crippen LogP contribution in [0.5, 0.6) is 5.88 Å². The van der Waals surface area contributed by atoms with Crippen LogP contribution in [0.4, 0.5) is 0 Å². The maximum absolute atomic E-state index is 5.79. The van der Waals surface area contributed by atoms with Crippen molar-refractivity contribution in [3.05, 3.63) is 95.7 Å². The molecule has 0 saturated carbocycles. The maximum atomic E-state index is 5.79. The van der Waals surface area contributed by atoms with Crippen molar-refractivity contribution in [2.45, 2.75) is 19.6 Å². The minimum absolute atomic E-state index is 0. The van der Waals surface area contributed by atoms with Gasteiger partial charge in [0.1, 0.15) is 6.61 Å². The molecule has 152 valence electrons. The highest BCUT2D eigenvalue weighted by atomic mass is 127. The van der Waals surface area contributed by atoms with Crippen LogP contribution < -0.4 is 15.4 Å². The third kappa shape index (κ3) is 8.11. The van der Waals surface area contributed by atoms with Gasteiger partial charge < -0.3 is 15.4 Å². The van der Waals surface area contributed by atoms with Crippen molar-refractivity contribution in [1.82, 2.24) is 15.6 Å². The molecule has 0 radical (unpaired) electrons. The summed E-state index contributed by atoms with van der Waals surface area (Å²) in [6.45, 7) is 1.98. The lowest BCUT2D eigenvalue weighted by molar-refractivity contribution is 0.293. The number of hydrogen-bond acceptors (Lipinski definition) is 3. The van der Waals surface area contributed by atoms with Crippen molar-refractivity contribution in [2.75, 3.05) is 13.6 Å². The molecule has 1 heterocycles. The Bertz CT molecular complexity index is 872. The maximum Gasteiger partial charge on any atom is 0.213 e. The van der Waals surface area contributed by atoms with E-state index in [0.717, 1.165) is 30.1 Å². The molecular formula is C23H27IN4O. The Morgan fingerprint density at radius 1 is 0.897 bits per heavy atom. The van der Waals surface area contributed by atoms with Crippen LogP contribution in [-0.2, 0) is 19.6 Å². The molecule has 0 bridgehead atoms. The fourth-order valence-corrected chi connectivity index (χ4v) is 2.75. The van der Waals surface area contributed by atoms with Crippen molar-refractivity contribution in [3.63, 3.8) is 0 Å². The van der Waals surface area contributed by atoms with Crippen LogP contribution in [-0.4, -0.2) is 24.5 Å². The minimum Gasteiger partial charge on any atom is -0.473 e. The van der Waals surface area contributed by atoms with Crippen molar-refractivity contribution in [2.24, 2.45) is 4.99 Å². The molecule has 29 heavy (non-hydrogen) atoms. The van der Waals surface area contributed by atoms with E-state index in [1.54, 1.807) is 13.2 Å². The van der Waals surface area contributed by atoms with Gasteiger partial charge in [-0.1, -0.05) is 60.7 Å². The molecule has 3 aromatic rings. The summed E-state index contributed by atoms with van der Waals surface area (Å²) in [5, 5.41) is 6.67. The van der Waals surface area contributed by atoms with E-state index in [2.05, 4.69) is 44.9 Å². The van der Waals surface area contributed by atoms with Gasteiger partial charge in [0.25, 0.3) is 0 Å². The second-order valence-corrected chi connectivity index (χ2v) is 6.36. The summed E-state index contributed by atoms with van der Waals surface area (Å²) >= 11 is 0. The van der Waals surface area contributed by atoms with E-state index in [0.29, 0.717) is 19.0 Å². The average molecular weight is 502 g/mol. The summed E-state index contributed by atoms with van der Waals surface area (Å²) in [6, 6.07) is 24.4. The third-order valence-corrected chi connectivity index (χ3v) is 4.26. The number of benzene rings is 2. The van der Waals surface area contributed by atoms with Gasteiger partial charge in [0.05, 0.1) is 0 Å². The van der Waals surface area contributed by atoms with Gasteiger partial charge in [0.2, 0.25) is 5.88 Å². The zero-order valence-electron chi connectivity index (χ0n) is 16.5. The van der Waals surface area contributed by atoms with Crippen molar-refractivity contribution in [3.8, 4) is 5.88 Å². The van der Waals surface area contributed by atoms with Crippen LogP contribution >= 0.6 is 24.0 Å². The van der Waals surface area contributed by atoms with E-state index in [1.165, 1.54) is 5.56 Å². The molecule has 0 spiro atoms. The van der Waals surface area contributed by atoms with Crippen LogP contribution in [0.2, 0.25) is 0 Å². The predicted molar refractivity (Wildman–Crippen MR) is 129 cm³/mol. The van der Waals surface area contributed by atoms with Gasteiger partial charge in [-0.05, 0) is 29.2 Å². The van der Waals surface area contributed by atoms with E-state index in [1.807, 2.05) is 48.5 Å². The van der Waals surface area contributed by atoms with Crippen LogP contribution in [0.3, 0.4) is 0 Å². The minimum atomic E-state index is 0. The fraction of sp³-hybridized carbons (Fsp3) is 0.217. The lowest BCUT2D eigenvalue weighted by atomic mass is 10.1. The van der Waals surface area contributed by atoms with E-state index in [-0.39, 0.29) is 24.0 Å². The highest BCUT2D eigenvalue weighted by Crippen LogP contribution is 2.11. The molecule has 0 unspecified atom stereocenters. The number of hydrogen-bond donors (Lipinski definition) is 2. The van der Waals surface area contributed by atoms with Crippen molar-refractivity contribution in [1.29, 1.82) is 0 Å². The molecule has 0 saturated heterocycles. The van der Waals surface area contributed by atoms with Gasteiger partial charge in [-0.15, -0.1) is 24.0 Å². The number of halogens is 1. The molecule has 0 amide bonds. The Balaban J connectivity index is 0.00000300. The number of aromatic nitrogens is 1. The molecule has 0 atom stereocenters. The van der Waals surface area contributed by atoms with Crippen LogP contribution in [0, 0.1) is 0 Å². The zero-order chi connectivity index (χ0) is 19.4. The van der Waals surface area contributed by atoms with Crippen LogP contribution in [0.15, 0.2) is 84.0 Å². The van der Waals surface area contributed by atoms with Crippen molar-refractivity contribution < 1.29 is 4.74 Å². The molecule has 1 aromatic heterocycles. The van der Waals surface area contributed by atoms with Gasteiger partial charge in [-0.3, -0.25) is 4.99 Å². The molecule has 2 aromatic carbocycles. The highest BCUT2D eigenvalue weighted by Gasteiger charge is 2.02. The normalized spacial score (nSPS) is 10.7. The third-order valence-electron chi connectivity index (χ3n) is 4.26. The van der Waals surface area contributed by atoms with E-state index in [9.17, 15) is 0 Å². The summed E-state index contributed by atoms with van der Waals surface area (Å²) < 4.78 is 5.79. The summed E-state index contributed by atoms with van der Waals surface area (Å²) in [4.78, 5) is 8.57.